The van der Waals surface area contributed by atoms with Crippen LogP contribution in [-0.2, 0) is 11.3 Å². The van der Waals surface area contributed by atoms with Crippen molar-refractivity contribution in [3.05, 3.63) is 20.8 Å². The molecule has 1 rings (SSSR count). The number of thiophene rings is 1. The van der Waals surface area contributed by atoms with Crippen molar-refractivity contribution in [1.29, 1.82) is 0 Å². The lowest BCUT2D eigenvalue weighted by molar-refractivity contribution is -0.141. The van der Waals surface area contributed by atoms with Gasteiger partial charge in [-0.1, -0.05) is 13.3 Å². The quantitative estimate of drug-likeness (QED) is 0.758. The Kier molecular flexibility index (Phi) is 6.89. The van der Waals surface area contributed by atoms with Crippen LogP contribution in [0.25, 0.3) is 0 Å². The average molecular weight is 334 g/mol. The standard InChI is InChI=1S/C13H20BrNO2S/c1-9(13(16)17)4-3-5-10(2)15-8-12-11(14)6-7-18-12/h6-7,9-10,15H,3-5,8H2,1-2H3,(H,16,17). The number of nitrogens with one attached hydrogen (secondary N) is 1. The van der Waals surface area contributed by atoms with Crippen molar-refractivity contribution in [3.63, 3.8) is 0 Å². The van der Waals surface area contributed by atoms with Crippen LogP contribution in [0.2, 0.25) is 0 Å². The van der Waals surface area contributed by atoms with Crippen molar-refractivity contribution in [2.45, 2.75) is 45.7 Å². The predicted molar refractivity (Wildman–Crippen MR) is 79.0 cm³/mol. The molecule has 3 nitrogen and oxygen atoms in total. The van der Waals surface area contributed by atoms with Gasteiger partial charge in [0.15, 0.2) is 0 Å². The van der Waals surface area contributed by atoms with E-state index in [0.29, 0.717) is 6.04 Å². The normalized spacial score (nSPS) is 14.4. The molecule has 0 saturated carbocycles. The van der Waals surface area contributed by atoms with E-state index in [-0.39, 0.29) is 5.92 Å². The summed E-state index contributed by atoms with van der Waals surface area (Å²) in [6.07, 6.45) is 2.72. The molecule has 1 aromatic heterocycles. The second kappa shape index (κ2) is 7.92. The number of halogens is 1. The first kappa shape index (κ1) is 15.7. The molecule has 0 aliphatic heterocycles. The fourth-order valence-corrected chi connectivity index (χ4v) is 3.12. The zero-order chi connectivity index (χ0) is 13.5. The highest BCUT2D eigenvalue weighted by atomic mass is 79.9. The van der Waals surface area contributed by atoms with Gasteiger partial charge in [-0.3, -0.25) is 4.79 Å². The van der Waals surface area contributed by atoms with E-state index in [1.54, 1.807) is 18.3 Å². The van der Waals surface area contributed by atoms with Crippen LogP contribution in [0.4, 0.5) is 0 Å². The summed E-state index contributed by atoms with van der Waals surface area (Å²) in [6.45, 7) is 4.78. The van der Waals surface area contributed by atoms with E-state index in [1.165, 1.54) is 4.88 Å². The first-order valence-corrected chi connectivity index (χ1v) is 7.86. The molecule has 1 heterocycles. The third-order valence-corrected chi connectivity index (χ3v) is 4.92. The molecule has 0 spiro atoms. The van der Waals surface area contributed by atoms with Gasteiger partial charge in [-0.25, -0.2) is 0 Å². The summed E-state index contributed by atoms with van der Waals surface area (Å²) in [5.41, 5.74) is 0. The second-order valence-corrected chi connectivity index (χ2v) is 6.50. The molecule has 0 amide bonds. The van der Waals surface area contributed by atoms with E-state index in [4.69, 9.17) is 5.11 Å². The van der Waals surface area contributed by atoms with Crippen molar-refractivity contribution in [1.82, 2.24) is 5.32 Å². The highest BCUT2D eigenvalue weighted by Gasteiger charge is 2.11. The topological polar surface area (TPSA) is 49.3 Å². The summed E-state index contributed by atoms with van der Waals surface area (Å²) >= 11 is 5.25. The predicted octanol–water partition coefficient (Wildman–Crippen LogP) is 3.88. The smallest absolute Gasteiger partial charge is 0.306 e. The van der Waals surface area contributed by atoms with E-state index in [9.17, 15) is 4.79 Å². The Morgan fingerprint density at radius 3 is 2.78 bits per heavy atom. The Morgan fingerprint density at radius 2 is 2.22 bits per heavy atom. The molecule has 0 saturated heterocycles. The molecule has 0 fully saturated rings. The van der Waals surface area contributed by atoms with Crippen LogP contribution < -0.4 is 5.32 Å². The van der Waals surface area contributed by atoms with Gasteiger partial charge in [0, 0.05) is 21.9 Å². The minimum absolute atomic E-state index is 0.233. The molecule has 1 aromatic rings. The molecule has 2 atom stereocenters. The van der Waals surface area contributed by atoms with E-state index < -0.39 is 5.97 Å². The Labute approximate surface area is 121 Å². The zero-order valence-electron chi connectivity index (χ0n) is 10.8. The lowest BCUT2D eigenvalue weighted by Gasteiger charge is -2.14. The number of carboxylic acid groups (broad SMARTS) is 1. The number of hydrogen-bond acceptors (Lipinski definition) is 3. The number of rotatable bonds is 8. The average Bonchev–Trinajstić information content (AvgIpc) is 2.72. The van der Waals surface area contributed by atoms with Gasteiger partial charge < -0.3 is 10.4 Å². The lowest BCUT2D eigenvalue weighted by Crippen LogP contribution is -2.25. The van der Waals surface area contributed by atoms with E-state index in [0.717, 1.165) is 30.3 Å². The molecule has 0 radical (unpaired) electrons. The molecule has 0 aliphatic carbocycles. The minimum Gasteiger partial charge on any atom is -0.481 e. The largest absolute Gasteiger partial charge is 0.481 e. The summed E-state index contributed by atoms with van der Waals surface area (Å²) in [7, 11) is 0. The van der Waals surface area contributed by atoms with Crippen LogP contribution in [0.5, 0.6) is 0 Å². The molecular weight excluding hydrogens is 314 g/mol. The molecule has 18 heavy (non-hydrogen) atoms. The van der Waals surface area contributed by atoms with Crippen LogP contribution >= 0.6 is 27.3 Å². The maximum atomic E-state index is 10.7. The van der Waals surface area contributed by atoms with Gasteiger partial charge in [-0.2, -0.15) is 0 Å². The summed E-state index contributed by atoms with van der Waals surface area (Å²) < 4.78 is 1.16. The highest BCUT2D eigenvalue weighted by Crippen LogP contribution is 2.22. The number of aliphatic carboxylic acids is 1. The number of carbonyl (C=O) groups is 1. The summed E-state index contributed by atoms with van der Waals surface area (Å²) in [4.78, 5) is 12.0. The van der Waals surface area contributed by atoms with E-state index >= 15 is 0 Å². The Balaban J connectivity index is 2.16. The zero-order valence-corrected chi connectivity index (χ0v) is 13.2. The van der Waals surface area contributed by atoms with Crippen molar-refractivity contribution in [3.8, 4) is 0 Å². The number of hydrogen-bond donors (Lipinski definition) is 2. The molecular formula is C13H20BrNO2S. The van der Waals surface area contributed by atoms with Crippen molar-refractivity contribution >= 4 is 33.2 Å². The summed E-state index contributed by atoms with van der Waals surface area (Å²) in [5.74, 6) is -0.929. The van der Waals surface area contributed by atoms with Crippen molar-refractivity contribution < 1.29 is 9.90 Å². The summed E-state index contributed by atoms with van der Waals surface area (Å²) in [5, 5.41) is 14.3. The Hall–Kier alpha value is -0.390. The van der Waals surface area contributed by atoms with Gasteiger partial charge in [0.25, 0.3) is 0 Å². The Bertz CT molecular complexity index is 381. The molecule has 102 valence electrons. The third-order valence-electron chi connectivity index (χ3n) is 3.00. The fourth-order valence-electron chi connectivity index (χ4n) is 1.67. The molecule has 5 heteroatoms. The van der Waals surface area contributed by atoms with Gasteiger partial charge in [0.2, 0.25) is 0 Å². The van der Waals surface area contributed by atoms with Gasteiger partial charge in [0.1, 0.15) is 0 Å². The first-order chi connectivity index (χ1) is 8.50. The third kappa shape index (κ3) is 5.50. The van der Waals surface area contributed by atoms with Gasteiger partial charge in [-0.15, -0.1) is 11.3 Å². The summed E-state index contributed by atoms with van der Waals surface area (Å²) in [6, 6.07) is 2.47. The minimum atomic E-state index is -0.696. The second-order valence-electron chi connectivity index (χ2n) is 4.64. The van der Waals surface area contributed by atoms with Crippen LogP contribution in [0, 0.1) is 5.92 Å². The maximum Gasteiger partial charge on any atom is 0.306 e. The van der Waals surface area contributed by atoms with Gasteiger partial charge in [0.05, 0.1) is 5.92 Å². The van der Waals surface area contributed by atoms with Crippen LogP contribution in [0.15, 0.2) is 15.9 Å². The molecule has 2 N–H and O–H groups in total. The maximum absolute atomic E-state index is 10.7. The van der Waals surface area contributed by atoms with Crippen LogP contribution in [0.3, 0.4) is 0 Å². The molecule has 0 bridgehead atoms. The fraction of sp³-hybridized carbons (Fsp3) is 0.615. The van der Waals surface area contributed by atoms with Crippen LogP contribution in [0.1, 0.15) is 38.0 Å². The van der Waals surface area contributed by atoms with Gasteiger partial charge >= 0.3 is 5.97 Å². The monoisotopic (exact) mass is 333 g/mol. The lowest BCUT2D eigenvalue weighted by atomic mass is 10.0. The SMILES string of the molecule is CC(CCCC(C)C(=O)O)NCc1sccc1Br. The molecule has 0 aliphatic rings. The van der Waals surface area contributed by atoms with Crippen molar-refractivity contribution in [2.75, 3.05) is 0 Å². The number of carboxylic acids is 1. The molecule has 2 unspecified atom stereocenters. The van der Waals surface area contributed by atoms with Crippen LogP contribution in [-0.4, -0.2) is 17.1 Å². The van der Waals surface area contributed by atoms with Crippen molar-refractivity contribution in [2.24, 2.45) is 5.92 Å². The van der Waals surface area contributed by atoms with Gasteiger partial charge in [-0.05, 0) is 47.1 Å². The molecule has 0 aromatic carbocycles. The van der Waals surface area contributed by atoms with E-state index in [2.05, 4.69) is 39.6 Å². The Morgan fingerprint density at radius 1 is 1.50 bits per heavy atom. The highest BCUT2D eigenvalue weighted by molar-refractivity contribution is 9.10. The first-order valence-electron chi connectivity index (χ1n) is 6.18. The van der Waals surface area contributed by atoms with E-state index in [1.807, 2.05) is 0 Å².